The van der Waals surface area contributed by atoms with Gasteiger partial charge in [0.1, 0.15) is 0 Å². The second kappa shape index (κ2) is 8.30. The van der Waals surface area contributed by atoms with Crippen molar-refractivity contribution in [1.29, 1.82) is 0 Å². The molecule has 5 heteroatoms. The molecule has 0 saturated carbocycles. The third-order valence-corrected chi connectivity index (χ3v) is 5.11. The topological polar surface area (TPSA) is 32.3 Å². The number of carbonyl (C=O) groups is 1. The van der Waals surface area contributed by atoms with Crippen LogP contribution in [0.25, 0.3) is 0 Å². The summed E-state index contributed by atoms with van der Waals surface area (Å²) in [6.45, 7) is 4.72. The number of halogens is 2. The first-order valence-corrected chi connectivity index (χ1v) is 9.12. The highest BCUT2D eigenvalue weighted by Gasteiger charge is 2.16. The van der Waals surface area contributed by atoms with Crippen molar-refractivity contribution in [3.8, 4) is 0 Å². The molecular formula is C16H22Br2N2O. The molecule has 1 aromatic carbocycles. The van der Waals surface area contributed by atoms with Crippen LogP contribution in [0.2, 0.25) is 0 Å². The first-order valence-electron chi connectivity index (χ1n) is 7.54. The van der Waals surface area contributed by atoms with Crippen LogP contribution < -0.4 is 5.32 Å². The highest BCUT2D eigenvalue weighted by Crippen LogP contribution is 2.26. The number of piperidine rings is 1. The molecule has 0 bridgehead atoms. The number of likely N-dealkylation sites (tertiary alicyclic amines) is 1. The maximum absolute atomic E-state index is 12.1. The number of carbonyl (C=O) groups excluding carboxylic acids is 1. The minimum Gasteiger partial charge on any atom is -0.343 e. The van der Waals surface area contributed by atoms with E-state index in [2.05, 4.69) is 50.2 Å². The lowest BCUT2D eigenvalue weighted by Gasteiger charge is -2.27. The molecule has 0 radical (unpaired) electrons. The van der Waals surface area contributed by atoms with Crippen molar-refractivity contribution in [2.24, 2.45) is 0 Å². The molecule has 1 fully saturated rings. The maximum atomic E-state index is 12.1. The minimum absolute atomic E-state index is 0.224. The summed E-state index contributed by atoms with van der Waals surface area (Å²) in [4.78, 5) is 14.1. The summed E-state index contributed by atoms with van der Waals surface area (Å²) in [5.41, 5.74) is 1.21. The lowest BCUT2D eigenvalue weighted by atomic mass is 10.1. The van der Waals surface area contributed by atoms with Gasteiger partial charge < -0.3 is 10.2 Å². The van der Waals surface area contributed by atoms with Crippen molar-refractivity contribution < 1.29 is 4.79 Å². The van der Waals surface area contributed by atoms with E-state index in [1.165, 1.54) is 12.0 Å². The van der Waals surface area contributed by atoms with E-state index in [1.54, 1.807) is 0 Å². The fourth-order valence-electron chi connectivity index (χ4n) is 2.66. The molecule has 116 valence electrons. The Kier molecular flexibility index (Phi) is 6.71. The Hall–Kier alpha value is -0.390. The Morgan fingerprint density at radius 3 is 2.67 bits per heavy atom. The number of rotatable bonds is 5. The van der Waals surface area contributed by atoms with E-state index in [0.717, 1.165) is 41.4 Å². The van der Waals surface area contributed by atoms with Crippen molar-refractivity contribution in [3.63, 3.8) is 0 Å². The van der Waals surface area contributed by atoms with E-state index in [0.29, 0.717) is 6.42 Å². The lowest BCUT2D eigenvalue weighted by molar-refractivity contribution is -0.132. The summed E-state index contributed by atoms with van der Waals surface area (Å²) in [5.74, 6) is 0.282. The average molecular weight is 418 g/mol. The molecule has 1 unspecified atom stereocenters. The van der Waals surface area contributed by atoms with Crippen LogP contribution in [0, 0.1) is 0 Å². The number of nitrogens with zero attached hydrogens (tertiary/aromatic N) is 1. The molecule has 21 heavy (non-hydrogen) atoms. The van der Waals surface area contributed by atoms with Crippen LogP contribution in [-0.4, -0.2) is 30.4 Å². The number of amides is 1. The van der Waals surface area contributed by atoms with E-state index < -0.39 is 0 Å². The van der Waals surface area contributed by atoms with E-state index in [9.17, 15) is 4.79 Å². The van der Waals surface area contributed by atoms with Gasteiger partial charge >= 0.3 is 0 Å². The zero-order valence-corrected chi connectivity index (χ0v) is 15.5. The standard InChI is InChI=1S/C16H22Br2N2O/c1-12(14-6-5-13(17)11-15(14)18)19-8-7-16(21)20-9-3-2-4-10-20/h5-6,11-12,19H,2-4,7-10H2,1H3. The van der Waals surface area contributed by atoms with Gasteiger partial charge in [-0.3, -0.25) is 4.79 Å². The van der Waals surface area contributed by atoms with E-state index in [-0.39, 0.29) is 11.9 Å². The lowest BCUT2D eigenvalue weighted by Crippen LogP contribution is -2.37. The summed E-state index contributed by atoms with van der Waals surface area (Å²) >= 11 is 7.05. The number of nitrogens with one attached hydrogen (secondary N) is 1. The Bertz CT molecular complexity index is 487. The maximum Gasteiger partial charge on any atom is 0.223 e. The van der Waals surface area contributed by atoms with Gasteiger partial charge in [-0.2, -0.15) is 0 Å². The third-order valence-electron chi connectivity index (χ3n) is 3.93. The Morgan fingerprint density at radius 1 is 1.29 bits per heavy atom. The van der Waals surface area contributed by atoms with Gasteiger partial charge in [0.2, 0.25) is 5.91 Å². The van der Waals surface area contributed by atoms with Gasteiger partial charge in [0, 0.05) is 41.0 Å². The van der Waals surface area contributed by atoms with Gasteiger partial charge in [0.15, 0.2) is 0 Å². The Morgan fingerprint density at radius 2 is 2.00 bits per heavy atom. The number of hydrogen-bond donors (Lipinski definition) is 1. The number of benzene rings is 1. The van der Waals surface area contributed by atoms with Crippen molar-refractivity contribution >= 4 is 37.8 Å². The Labute approximate surface area is 143 Å². The van der Waals surface area contributed by atoms with E-state index >= 15 is 0 Å². The highest BCUT2D eigenvalue weighted by molar-refractivity contribution is 9.11. The molecule has 1 heterocycles. The van der Waals surface area contributed by atoms with Gasteiger partial charge in [-0.15, -0.1) is 0 Å². The van der Waals surface area contributed by atoms with E-state index in [1.807, 2.05) is 17.0 Å². The molecule has 1 aliphatic rings. The van der Waals surface area contributed by atoms with Gasteiger partial charge in [0.05, 0.1) is 0 Å². The molecule has 1 amide bonds. The molecule has 2 rings (SSSR count). The van der Waals surface area contributed by atoms with Crippen molar-refractivity contribution in [3.05, 3.63) is 32.7 Å². The van der Waals surface area contributed by atoms with Crippen LogP contribution >= 0.6 is 31.9 Å². The van der Waals surface area contributed by atoms with Crippen LogP contribution in [0.5, 0.6) is 0 Å². The summed E-state index contributed by atoms with van der Waals surface area (Å²) < 4.78 is 2.14. The first-order chi connectivity index (χ1) is 10.1. The summed E-state index contributed by atoms with van der Waals surface area (Å²) in [7, 11) is 0. The molecular weight excluding hydrogens is 396 g/mol. The fourth-order valence-corrected chi connectivity index (χ4v) is 4.05. The van der Waals surface area contributed by atoms with Gasteiger partial charge in [-0.1, -0.05) is 37.9 Å². The highest BCUT2D eigenvalue weighted by atomic mass is 79.9. The summed E-state index contributed by atoms with van der Waals surface area (Å²) in [6, 6.07) is 6.41. The van der Waals surface area contributed by atoms with Crippen LogP contribution in [0.4, 0.5) is 0 Å². The van der Waals surface area contributed by atoms with Crippen molar-refractivity contribution in [2.75, 3.05) is 19.6 Å². The van der Waals surface area contributed by atoms with Crippen molar-refractivity contribution in [1.82, 2.24) is 10.2 Å². The molecule has 0 spiro atoms. The smallest absolute Gasteiger partial charge is 0.223 e. The molecule has 1 aliphatic heterocycles. The third kappa shape index (κ3) is 5.08. The number of hydrogen-bond acceptors (Lipinski definition) is 2. The average Bonchev–Trinajstić information content (AvgIpc) is 2.47. The quantitative estimate of drug-likeness (QED) is 0.775. The zero-order valence-electron chi connectivity index (χ0n) is 12.4. The normalized spacial score (nSPS) is 16.8. The van der Waals surface area contributed by atoms with Gasteiger partial charge in [-0.25, -0.2) is 0 Å². The van der Waals surface area contributed by atoms with Crippen LogP contribution in [0.3, 0.4) is 0 Å². The molecule has 1 N–H and O–H groups in total. The van der Waals surface area contributed by atoms with Crippen molar-refractivity contribution in [2.45, 2.75) is 38.6 Å². The van der Waals surface area contributed by atoms with Crippen LogP contribution in [0.15, 0.2) is 27.1 Å². The minimum atomic E-state index is 0.224. The van der Waals surface area contributed by atoms with Crippen LogP contribution in [0.1, 0.15) is 44.2 Å². The van der Waals surface area contributed by atoms with Gasteiger partial charge in [0.25, 0.3) is 0 Å². The van der Waals surface area contributed by atoms with Crippen LogP contribution in [-0.2, 0) is 4.79 Å². The molecule has 1 saturated heterocycles. The SMILES string of the molecule is CC(NCCC(=O)N1CCCCC1)c1ccc(Br)cc1Br. The summed E-state index contributed by atoms with van der Waals surface area (Å²) in [5, 5.41) is 3.44. The fraction of sp³-hybridized carbons (Fsp3) is 0.562. The molecule has 3 nitrogen and oxygen atoms in total. The Balaban J connectivity index is 1.78. The largest absolute Gasteiger partial charge is 0.343 e. The monoisotopic (exact) mass is 416 g/mol. The predicted molar refractivity (Wildman–Crippen MR) is 93.3 cm³/mol. The molecule has 1 aromatic rings. The molecule has 1 atom stereocenters. The second-order valence-electron chi connectivity index (χ2n) is 5.53. The predicted octanol–water partition coefficient (Wildman–Crippen LogP) is 4.26. The first kappa shape index (κ1) is 17.0. The molecule has 0 aromatic heterocycles. The molecule has 0 aliphatic carbocycles. The van der Waals surface area contributed by atoms with Gasteiger partial charge in [-0.05, 0) is 43.9 Å². The summed E-state index contributed by atoms with van der Waals surface area (Å²) in [6.07, 6.45) is 4.15. The van der Waals surface area contributed by atoms with E-state index in [4.69, 9.17) is 0 Å². The zero-order chi connectivity index (χ0) is 15.2. The second-order valence-corrected chi connectivity index (χ2v) is 7.30.